The first-order chi connectivity index (χ1) is 13.0. The lowest BCUT2D eigenvalue weighted by Gasteiger charge is -2.11. The highest BCUT2D eigenvalue weighted by molar-refractivity contribution is 7.17. The lowest BCUT2D eigenvalue weighted by Crippen LogP contribution is -2.23. The summed E-state index contributed by atoms with van der Waals surface area (Å²) in [5.74, 6) is -1.39. The number of carbonyl (C=O) groups excluding carboxylic acids is 3. The van der Waals surface area contributed by atoms with E-state index in [4.69, 9.17) is 15.2 Å². The zero-order valence-corrected chi connectivity index (χ0v) is 15.7. The van der Waals surface area contributed by atoms with E-state index in [0.29, 0.717) is 16.3 Å². The molecular weight excluding hydrogens is 368 g/mol. The number of ether oxygens (including phenoxy) is 2. The van der Waals surface area contributed by atoms with Crippen LogP contribution >= 0.6 is 11.3 Å². The number of amides is 2. The molecule has 0 spiro atoms. The Morgan fingerprint density at radius 1 is 1.19 bits per heavy atom. The summed E-state index contributed by atoms with van der Waals surface area (Å²) >= 11 is 1.36. The van der Waals surface area contributed by atoms with Gasteiger partial charge in [-0.25, -0.2) is 4.79 Å². The van der Waals surface area contributed by atoms with Crippen molar-refractivity contribution in [1.29, 1.82) is 0 Å². The Hall–Kier alpha value is -2.87. The van der Waals surface area contributed by atoms with Gasteiger partial charge in [0.1, 0.15) is 16.3 Å². The first-order valence-corrected chi connectivity index (χ1v) is 9.37. The minimum absolute atomic E-state index is 0.234. The fourth-order valence-corrected chi connectivity index (χ4v) is 4.41. The monoisotopic (exact) mass is 388 g/mol. The summed E-state index contributed by atoms with van der Waals surface area (Å²) in [6.07, 6.45) is 3.70. The van der Waals surface area contributed by atoms with Gasteiger partial charge in [0.15, 0.2) is 6.61 Å². The second kappa shape index (κ2) is 8.22. The minimum Gasteiger partial charge on any atom is -0.496 e. The molecule has 0 saturated carbocycles. The van der Waals surface area contributed by atoms with Crippen LogP contribution < -0.4 is 15.8 Å². The average molecular weight is 388 g/mol. The molecule has 142 valence electrons. The maximum absolute atomic E-state index is 12.2. The van der Waals surface area contributed by atoms with E-state index < -0.39 is 24.4 Å². The van der Waals surface area contributed by atoms with Gasteiger partial charge >= 0.3 is 5.97 Å². The number of fused-ring (bicyclic) bond motifs is 1. The normalized spacial score (nSPS) is 12.8. The predicted octanol–water partition coefficient (Wildman–Crippen LogP) is 2.53. The number of hydrogen-bond acceptors (Lipinski definition) is 6. The molecule has 0 aliphatic heterocycles. The second-order valence-corrected chi connectivity index (χ2v) is 7.21. The molecular formula is C19H20N2O5S. The number of primary amides is 1. The van der Waals surface area contributed by atoms with E-state index in [0.717, 1.165) is 36.1 Å². The maximum Gasteiger partial charge on any atom is 0.342 e. The molecule has 3 N–H and O–H groups in total. The Balaban J connectivity index is 1.67. The molecule has 2 aromatic rings. The molecule has 1 aromatic carbocycles. The fraction of sp³-hybridized carbons (Fsp3) is 0.316. The highest BCUT2D eigenvalue weighted by Crippen LogP contribution is 2.37. The molecule has 1 aliphatic rings. The van der Waals surface area contributed by atoms with Crippen LogP contribution in [-0.4, -0.2) is 31.5 Å². The summed E-state index contributed by atoms with van der Waals surface area (Å²) in [6, 6.07) is 6.59. The Morgan fingerprint density at radius 3 is 2.67 bits per heavy atom. The molecule has 1 aliphatic carbocycles. The third-order valence-corrected chi connectivity index (χ3v) is 5.54. The van der Waals surface area contributed by atoms with Crippen molar-refractivity contribution in [3.05, 3.63) is 45.8 Å². The van der Waals surface area contributed by atoms with E-state index in [1.807, 2.05) is 0 Å². The molecule has 1 heterocycles. The van der Waals surface area contributed by atoms with Gasteiger partial charge in [0, 0.05) is 4.88 Å². The number of aryl methyl sites for hydroxylation is 1. The summed E-state index contributed by atoms with van der Waals surface area (Å²) in [5.41, 5.74) is 7.04. The third-order valence-electron chi connectivity index (χ3n) is 4.33. The van der Waals surface area contributed by atoms with Crippen molar-refractivity contribution in [3.8, 4) is 5.75 Å². The van der Waals surface area contributed by atoms with Crippen LogP contribution in [0.25, 0.3) is 0 Å². The average Bonchev–Trinajstić information content (AvgIpc) is 3.03. The van der Waals surface area contributed by atoms with E-state index in [-0.39, 0.29) is 5.56 Å². The Morgan fingerprint density at radius 2 is 1.93 bits per heavy atom. The van der Waals surface area contributed by atoms with Gasteiger partial charge in [0.2, 0.25) is 0 Å². The van der Waals surface area contributed by atoms with Crippen LogP contribution in [0.2, 0.25) is 0 Å². The van der Waals surface area contributed by atoms with Crippen molar-refractivity contribution in [1.82, 2.24) is 0 Å². The summed E-state index contributed by atoms with van der Waals surface area (Å²) in [7, 11) is 1.45. The van der Waals surface area contributed by atoms with E-state index in [1.165, 1.54) is 18.4 Å². The van der Waals surface area contributed by atoms with Crippen LogP contribution in [0.15, 0.2) is 24.3 Å². The Bertz CT molecular complexity index is 890. The number of para-hydroxylation sites is 1. The van der Waals surface area contributed by atoms with Gasteiger partial charge in [-0.05, 0) is 43.4 Å². The molecule has 2 amide bonds. The largest absolute Gasteiger partial charge is 0.496 e. The summed E-state index contributed by atoms with van der Waals surface area (Å²) in [5, 5.41) is 3.08. The number of hydrogen-bond donors (Lipinski definition) is 2. The van der Waals surface area contributed by atoms with Crippen LogP contribution in [0.4, 0.5) is 5.00 Å². The minimum atomic E-state index is -0.664. The smallest absolute Gasteiger partial charge is 0.342 e. The van der Waals surface area contributed by atoms with E-state index >= 15 is 0 Å². The maximum atomic E-state index is 12.2. The molecule has 3 rings (SSSR count). The molecule has 0 atom stereocenters. The third kappa shape index (κ3) is 4.11. The first-order valence-electron chi connectivity index (χ1n) is 8.55. The van der Waals surface area contributed by atoms with Gasteiger partial charge in [-0.1, -0.05) is 12.1 Å². The van der Waals surface area contributed by atoms with Crippen molar-refractivity contribution in [2.24, 2.45) is 5.73 Å². The number of benzene rings is 1. The molecule has 0 bridgehead atoms. The molecule has 1 aromatic heterocycles. The van der Waals surface area contributed by atoms with E-state index in [9.17, 15) is 14.4 Å². The Labute approximate surface area is 160 Å². The number of rotatable bonds is 6. The number of nitrogens with one attached hydrogen (secondary N) is 1. The van der Waals surface area contributed by atoms with E-state index in [1.54, 1.807) is 24.3 Å². The number of nitrogens with two attached hydrogens (primary N) is 1. The van der Waals surface area contributed by atoms with Crippen molar-refractivity contribution in [3.63, 3.8) is 0 Å². The molecule has 27 heavy (non-hydrogen) atoms. The topological polar surface area (TPSA) is 108 Å². The first kappa shape index (κ1) is 18.9. The lowest BCUT2D eigenvalue weighted by atomic mass is 9.95. The molecule has 7 nitrogen and oxygen atoms in total. The Kier molecular flexibility index (Phi) is 5.75. The predicted molar refractivity (Wildman–Crippen MR) is 101 cm³/mol. The zero-order valence-electron chi connectivity index (χ0n) is 14.9. The van der Waals surface area contributed by atoms with E-state index in [2.05, 4.69) is 5.32 Å². The van der Waals surface area contributed by atoms with Gasteiger partial charge in [-0.2, -0.15) is 0 Å². The van der Waals surface area contributed by atoms with Crippen LogP contribution in [-0.2, 0) is 22.4 Å². The van der Waals surface area contributed by atoms with Gasteiger partial charge in [-0.15, -0.1) is 11.3 Å². The van der Waals surface area contributed by atoms with Crippen molar-refractivity contribution < 1.29 is 23.9 Å². The van der Waals surface area contributed by atoms with Crippen LogP contribution in [0, 0.1) is 0 Å². The summed E-state index contributed by atoms with van der Waals surface area (Å²) in [4.78, 5) is 37.3. The molecule has 0 radical (unpaired) electrons. The number of methoxy groups -OCH3 is 1. The molecule has 0 fully saturated rings. The highest BCUT2D eigenvalue weighted by Gasteiger charge is 2.25. The van der Waals surface area contributed by atoms with Crippen molar-refractivity contribution in [2.45, 2.75) is 25.7 Å². The number of anilines is 1. The van der Waals surface area contributed by atoms with Crippen LogP contribution in [0.1, 0.15) is 44.0 Å². The van der Waals surface area contributed by atoms with Crippen molar-refractivity contribution >= 4 is 34.1 Å². The second-order valence-electron chi connectivity index (χ2n) is 6.10. The van der Waals surface area contributed by atoms with Crippen molar-refractivity contribution in [2.75, 3.05) is 19.0 Å². The number of carbonyl (C=O) groups is 3. The van der Waals surface area contributed by atoms with Gasteiger partial charge < -0.3 is 20.5 Å². The standard InChI is InChI=1S/C19H20N2O5S/c1-25-13-8-4-2-6-11(13)19(24)26-10-15(22)21-18-16(17(20)23)12-7-3-5-9-14(12)27-18/h2,4,6,8H,3,5,7,9-10H2,1H3,(H2,20,23)(H,21,22). The lowest BCUT2D eigenvalue weighted by molar-refractivity contribution is -0.119. The molecule has 0 unspecified atom stereocenters. The van der Waals surface area contributed by atoms with Gasteiger partial charge in [0.25, 0.3) is 11.8 Å². The van der Waals surface area contributed by atoms with Gasteiger partial charge in [0.05, 0.1) is 12.7 Å². The molecule has 0 saturated heterocycles. The fourth-order valence-electron chi connectivity index (χ4n) is 3.10. The quantitative estimate of drug-likeness (QED) is 0.740. The highest BCUT2D eigenvalue weighted by atomic mass is 32.1. The zero-order chi connectivity index (χ0) is 19.4. The molecule has 8 heteroatoms. The number of thiophene rings is 1. The van der Waals surface area contributed by atoms with Crippen LogP contribution in [0.5, 0.6) is 5.75 Å². The van der Waals surface area contributed by atoms with Crippen LogP contribution in [0.3, 0.4) is 0 Å². The summed E-state index contributed by atoms with van der Waals surface area (Å²) in [6.45, 7) is -0.475. The van der Waals surface area contributed by atoms with Gasteiger partial charge in [-0.3, -0.25) is 9.59 Å². The summed E-state index contributed by atoms with van der Waals surface area (Å²) < 4.78 is 10.2. The SMILES string of the molecule is COc1ccccc1C(=O)OCC(=O)Nc1sc2c(c1C(N)=O)CCCC2. The number of esters is 1.